The number of amides is 1. The molecular formula is C13H21NO3S. The fourth-order valence-electron chi connectivity index (χ4n) is 2.01. The Morgan fingerprint density at radius 1 is 1.28 bits per heavy atom. The van der Waals surface area contributed by atoms with Gasteiger partial charge in [0.25, 0.3) is 5.91 Å². The van der Waals surface area contributed by atoms with Crippen molar-refractivity contribution in [3.05, 3.63) is 0 Å². The van der Waals surface area contributed by atoms with Crippen LogP contribution in [0.15, 0.2) is 0 Å². The number of rotatable bonds is 4. The maximum Gasteiger partial charge on any atom is 0.291 e. The zero-order chi connectivity index (χ0) is 13.9. The minimum absolute atomic E-state index is 0.329. The maximum absolute atomic E-state index is 12.2. The van der Waals surface area contributed by atoms with Gasteiger partial charge in [-0.3, -0.25) is 14.4 Å². The molecular weight excluding hydrogens is 250 g/mol. The maximum atomic E-state index is 12.2. The van der Waals surface area contributed by atoms with Gasteiger partial charge in [0.2, 0.25) is 10.9 Å². The Balaban J connectivity index is 2.87. The molecule has 0 aromatic rings. The van der Waals surface area contributed by atoms with Crippen molar-refractivity contribution in [3.63, 3.8) is 0 Å². The first-order chi connectivity index (χ1) is 8.31. The van der Waals surface area contributed by atoms with Gasteiger partial charge < -0.3 is 4.90 Å². The summed E-state index contributed by atoms with van der Waals surface area (Å²) in [7, 11) is 0. The zero-order valence-electron chi connectivity index (χ0n) is 11.2. The molecule has 0 aromatic carbocycles. The molecule has 1 atom stereocenters. The first-order valence-corrected chi connectivity index (χ1v) is 6.84. The van der Waals surface area contributed by atoms with Gasteiger partial charge in [-0.15, -0.1) is 12.6 Å². The summed E-state index contributed by atoms with van der Waals surface area (Å²) in [4.78, 5) is 37.2. The third-order valence-corrected chi connectivity index (χ3v) is 4.04. The third kappa shape index (κ3) is 3.13. The van der Waals surface area contributed by atoms with Crippen molar-refractivity contribution in [2.24, 2.45) is 5.41 Å². The van der Waals surface area contributed by atoms with Gasteiger partial charge in [-0.05, 0) is 25.7 Å². The average molecular weight is 271 g/mol. The zero-order valence-corrected chi connectivity index (χ0v) is 12.1. The first-order valence-electron chi connectivity index (χ1n) is 6.39. The lowest BCUT2D eigenvalue weighted by Gasteiger charge is -2.35. The predicted octanol–water partition coefficient (Wildman–Crippen LogP) is 1.83. The fourth-order valence-corrected chi connectivity index (χ4v) is 2.28. The molecule has 0 saturated carbocycles. The summed E-state index contributed by atoms with van der Waals surface area (Å²) in [5, 5.41) is -0.329. The Kier molecular flexibility index (Phi) is 4.96. The highest BCUT2D eigenvalue weighted by Crippen LogP contribution is 2.25. The molecule has 18 heavy (non-hydrogen) atoms. The molecule has 0 aromatic heterocycles. The van der Waals surface area contributed by atoms with Crippen molar-refractivity contribution in [1.82, 2.24) is 4.90 Å². The quantitative estimate of drug-likeness (QED) is 0.627. The summed E-state index contributed by atoms with van der Waals surface area (Å²) >= 11 is 3.81. The van der Waals surface area contributed by atoms with E-state index in [1.54, 1.807) is 13.8 Å². The standard InChI is InChI=1S/C13H21NO3S/c1-4-13(2,3)10(15)11(16)14-8-6-5-7-9(14)12(17)18/h9H,4-8H2,1-3H3,(H,17,18). The van der Waals surface area contributed by atoms with Crippen molar-refractivity contribution in [2.45, 2.75) is 52.5 Å². The Labute approximate surface area is 114 Å². The molecule has 1 unspecified atom stereocenters. The predicted molar refractivity (Wildman–Crippen MR) is 72.4 cm³/mol. The van der Waals surface area contributed by atoms with E-state index < -0.39 is 23.1 Å². The minimum Gasteiger partial charge on any atom is -0.325 e. The first kappa shape index (κ1) is 15.2. The van der Waals surface area contributed by atoms with Gasteiger partial charge in [0.05, 0.1) is 0 Å². The van der Waals surface area contributed by atoms with Gasteiger partial charge in [0.1, 0.15) is 6.04 Å². The lowest BCUT2D eigenvalue weighted by Crippen LogP contribution is -2.51. The SMILES string of the molecule is CCC(C)(C)C(=O)C(=O)N1CCCCC1C(=O)S. The molecule has 0 radical (unpaired) electrons. The van der Waals surface area contributed by atoms with Crippen LogP contribution >= 0.6 is 12.6 Å². The van der Waals surface area contributed by atoms with E-state index >= 15 is 0 Å². The van der Waals surface area contributed by atoms with Crippen LogP contribution in [0.25, 0.3) is 0 Å². The molecule has 1 heterocycles. The van der Waals surface area contributed by atoms with Gasteiger partial charge in [-0.25, -0.2) is 0 Å². The highest BCUT2D eigenvalue weighted by Gasteiger charge is 2.39. The second-order valence-corrected chi connectivity index (χ2v) is 5.86. The highest BCUT2D eigenvalue weighted by atomic mass is 32.1. The van der Waals surface area contributed by atoms with Crippen LogP contribution < -0.4 is 0 Å². The number of carbonyl (C=O) groups is 3. The fraction of sp³-hybridized carbons (Fsp3) is 0.769. The van der Waals surface area contributed by atoms with Gasteiger partial charge in [0.15, 0.2) is 0 Å². The Bertz CT molecular complexity index is 365. The van der Waals surface area contributed by atoms with Gasteiger partial charge in [-0.2, -0.15) is 0 Å². The summed E-state index contributed by atoms with van der Waals surface area (Å²) in [6, 6.07) is -0.536. The minimum atomic E-state index is -0.668. The van der Waals surface area contributed by atoms with Crippen LogP contribution in [-0.4, -0.2) is 34.3 Å². The van der Waals surface area contributed by atoms with Crippen LogP contribution in [0.1, 0.15) is 46.5 Å². The molecule has 1 aliphatic rings. The molecule has 0 N–H and O–H groups in total. The summed E-state index contributed by atoms with van der Waals surface area (Å²) < 4.78 is 0. The van der Waals surface area contributed by atoms with Crippen LogP contribution in [0.3, 0.4) is 0 Å². The van der Waals surface area contributed by atoms with Crippen LogP contribution in [-0.2, 0) is 14.4 Å². The second-order valence-electron chi connectivity index (χ2n) is 5.41. The van der Waals surface area contributed by atoms with Crippen LogP contribution in [0.4, 0.5) is 0 Å². The van der Waals surface area contributed by atoms with Crippen molar-refractivity contribution in [2.75, 3.05) is 6.54 Å². The average Bonchev–Trinajstić information content (AvgIpc) is 2.36. The van der Waals surface area contributed by atoms with E-state index in [0.29, 0.717) is 19.4 Å². The Hall–Kier alpha value is -0.840. The molecule has 0 spiro atoms. The number of likely N-dealkylation sites (tertiary alicyclic amines) is 1. The largest absolute Gasteiger partial charge is 0.325 e. The monoisotopic (exact) mass is 271 g/mol. The van der Waals surface area contributed by atoms with Gasteiger partial charge in [-0.1, -0.05) is 20.8 Å². The smallest absolute Gasteiger partial charge is 0.291 e. The number of thiol groups is 1. The summed E-state index contributed by atoms with van der Waals surface area (Å²) in [5.74, 6) is -0.944. The molecule has 1 saturated heterocycles. The number of piperidine rings is 1. The Morgan fingerprint density at radius 3 is 2.39 bits per heavy atom. The number of nitrogens with zero attached hydrogens (tertiary/aromatic N) is 1. The van der Waals surface area contributed by atoms with Crippen molar-refractivity contribution in [3.8, 4) is 0 Å². The highest BCUT2D eigenvalue weighted by molar-refractivity contribution is 7.96. The molecule has 1 aliphatic heterocycles. The van der Waals surface area contributed by atoms with E-state index in [4.69, 9.17) is 0 Å². The normalized spacial score (nSPS) is 20.7. The molecule has 1 amide bonds. The lowest BCUT2D eigenvalue weighted by molar-refractivity contribution is -0.152. The molecule has 0 bridgehead atoms. The molecule has 4 nitrogen and oxygen atoms in total. The molecule has 102 valence electrons. The van der Waals surface area contributed by atoms with E-state index in [-0.39, 0.29) is 5.12 Å². The number of hydrogen-bond donors (Lipinski definition) is 1. The molecule has 0 aliphatic carbocycles. The van der Waals surface area contributed by atoms with Crippen LogP contribution in [0.2, 0.25) is 0 Å². The number of carbonyl (C=O) groups excluding carboxylic acids is 3. The summed E-state index contributed by atoms with van der Waals surface area (Å²) in [6.07, 6.45) is 2.94. The van der Waals surface area contributed by atoms with Crippen LogP contribution in [0.5, 0.6) is 0 Å². The van der Waals surface area contributed by atoms with Gasteiger partial charge >= 0.3 is 0 Å². The van der Waals surface area contributed by atoms with Crippen molar-refractivity contribution in [1.29, 1.82) is 0 Å². The molecule has 5 heteroatoms. The number of hydrogen-bond acceptors (Lipinski definition) is 3. The van der Waals surface area contributed by atoms with E-state index in [9.17, 15) is 14.4 Å². The number of Topliss-reactive ketones (excluding diaryl/α,β-unsaturated/α-hetero) is 1. The van der Waals surface area contributed by atoms with E-state index in [0.717, 1.165) is 12.8 Å². The third-order valence-electron chi connectivity index (χ3n) is 3.74. The van der Waals surface area contributed by atoms with E-state index in [2.05, 4.69) is 12.6 Å². The van der Waals surface area contributed by atoms with Gasteiger partial charge in [0, 0.05) is 12.0 Å². The summed E-state index contributed by atoms with van der Waals surface area (Å²) in [6.45, 7) is 5.87. The number of ketones is 1. The topological polar surface area (TPSA) is 54.5 Å². The van der Waals surface area contributed by atoms with E-state index in [1.807, 2.05) is 6.92 Å². The van der Waals surface area contributed by atoms with Crippen LogP contribution in [0, 0.1) is 5.41 Å². The molecule has 1 fully saturated rings. The Morgan fingerprint density at radius 2 is 1.89 bits per heavy atom. The van der Waals surface area contributed by atoms with Crippen molar-refractivity contribution >= 4 is 29.4 Å². The lowest BCUT2D eigenvalue weighted by atomic mass is 9.84. The van der Waals surface area contributed by atoms with E-state index in [1.165, 1.54) is 4.90 Å². The second kappa shape index (κ2) is 5.87. The molecule has 1 rings (SSSR count). The summed E-state index contributed by atoms with van der Waals surface area (Å²) in [5.41, 5.74) is -0.668. The van der Waals surface area contributed by atoms with Crippen molar-refractivity contribution < 1.29 is 14.4 Å².